The van der Waals surface area contributed by atoms with Crippen molar-refractivity contribution in [3.8, 4) is 11.5 Å². The minimum absolute atomic E-state index is 0.00618. The van der Waals surface area contributed by atoms with Crippen molar-refractivity contribution < 1.29 is 22.7 Å². The largest absolute Gasteiger partial charge is 0.455 e. The summed E-state index contributed by atoms with van der Waals surface area (Å²) in [6.45, 7) is 14.1. The van der Waals surface area contributed by atoms with Gasteiger partial charge in [-0.3, -0.25) is 9.59 Å². The van der Waals surface area contributed by atoms with E-state index < -0.39 is 21.8 Å². The zero-order valence-corrected chi connectivity index (χ0v) is 26.9. The molecule has 43 heavy (non-hydrogen) atoms. The van der Waals surface area contributed by atoms with Crippen molar-refractivity contribution in [1.82, 2.24) is 9.21 Å². The van der Waals surface area contributed by atoms with Gasteiger partial charge in [0.15, 0.2) is 5.75 Å². The highest BCUT2D eigenvalue weighted by Gasteiger charge is 2.42. The lowest BCUT2D eigenvalue weighted by atomic mass is 9.92. The van der Waals surface area contributed by atoms with Gasteiger partial charge in [0, 0.05) is 31.1 Å². The van der Waals surface area contributed by atoms with E-state index in [9.17, 15) is 18.0 Å². The van der Waals surface area contributed by atoms with Gasteiger partial charge in [0.1, 0.15) is 5.75 Å². The number of sulfonamides is 1. The highest BCUT2D eigenvalue weighted by atomic mass is 32.2. The third-order valence-electron chi connectivity index (χ3n) is 8.30. The van der Waals surface area contributed by atoms with Gasteiger partial charge in [-0.05, 0) is 74.1 Å². The number of amides is 2. The topological polar surface area (TPSA) is 96.0 Å². The molecule has 3 atom stereocenters. The SMILES string of the molecule is CCN(CC)S(=O)(=O)c1ccc(Oc2cc(C)ccc2C(C)C)c(NC(=O)C(=O)N2C(C)CC(c3ccccc3)C2C)c1. The zero-order chi connectivity index (χ0) is 31.5. The monoisotopic (exact) mass is 605 g/mol. The van der Waals surface area contributed by atoms with Crippen molar-refractivity contribution in [3.05, 3.63) is 83.4 Å². The van der Waals surface area contributed by atoms with E-state index >= 15 is 0 Å². The second-order valence-electron chi connectivity index (χ2n) is 11.6. The number of carbonyl (C=O) groups is 2. The van der Waals surface area contributed by atoms with E-state index in [4.69, 9.17) is 4.74 Å². The Labute approximate surface area is 256 Å². The molecule has 1 saturated heterocycles. The van der Waals surface area contributed by atoms with Crippen molar-refractivity contribution in [1.29, 1.82) is 0 Å². The summed E-state index contributed by atoms with van der Waals surface area (Å²) < 4.78 is 34.5. The second kappa shape index (κ2) is 13.3. The molecule has 3 unspecified atom stereocenters. The Morgan fingerprint density at radius 2 is 1.65 bits per heavy atom. The minimum atomic E-state index is -3.84. The van der Waals surface area contributed by atoms with Crippen LogP contribution in [-0.2, 0) is 19.6 Å². The molecule has 0 bridgehead atoms. The van der Waals surface area contributed by atoms with Gasteiger partial charge in [-0.25, -0.2) is 8.42 Å². The standard InChI is InChI=1S/C34H43N3O5S/c1-8-36(9-2)43(40,41)27-16-18-31(42-32-19-23(5)15-17-28(32)22(3)4)30(21-27)35-33(38)34(39)37-24(6)20-29(25(37)7)26-13-11-10-12-14-26/h10-19,21-22,24-25,29H,8-9,20H2,1-7H3,(H,35,38). The van der Waals surface area contributed by atoms with E-state index in [0.29, 0.717) is 18.8 Å². The molecule has 2 amide bonds. The summed E-state index contributed by atoms with van der Waals surface area (Å²) in [7, 11) is -3.84. The highest BCUT2D eigenvalue weighted by molar-refractivity contribution is 7.89. The minimum Gasteiger partial charge on any atom is -0.455 e. The molecule has 1 aliphatic rings. The van der Waals surface area contributed by atoms with Crippen molar-refractivity contribution >= 4 is 27.5 Å². The smallest absolute Gasteiger partial charge is 0.314 e. The average molecular weight is 606 g/mol. The fraction of sp³-hybridized carbons (Fsp3) is 0.412. The normalized spacial score (nSPS) is 18.7. The number of anilines is 1. The molecule has 0 saturated carbocycles. The molecular formula is C34H43N3O5S. The molecule has 8 nitrogen and oxygen atoms in total. The summed E-state index contributed by atoms with van der Waals surface area (Å²) in [4.78, 5) is 28.8. The maximum absolute atomic E-state index is 13.6. The molecule has 0 aliphatic carbocycles. The van der Waals surface area contributed by atoms with Crippen LogP contribution in [0, 0.1) is 6.92 Å². The lowest BCUT2D eigenvalue weighted by Gasteiger charge is -2.27. The van der Waals surface area contributed by atoms with Crippen molar-refractivity contribution in [2.75, 3.05) is 18.4 Å². The van der Waals surface area contributed by atoms with Crippen molar-refractivity contribution in [2.45, 2.75) is 83.7 Å². The zero-order valence-electron chi connectivity index (χ0n) is 26.1. The third kappa shape index (κ3) is 6.78. The van der Waals surface area contributed by atoms with Gasteiger partial charge in [0.2, 0.25) is 10.0 Å². The Kier molecular flexibility index (Phi) is 9.97. The fourth-order valence-corrected chi connectivity index (χ4v) is 7.45. The van der Waals surface area contributed by atoms with Gasteiger partial charge in [-0.1, -0.05) is 70.2 Å². The van der Waals surface area contributed by atoms with Crippen LogP contribution in [0.2, 0.25) is 0 Å². The summed E-state index contributed by atoms with van der Waals surface area (Å²) in [6.07, 6.45) is 0.738. The number of nitrogens with zero attached hydrogens (tertiary/aromatic N) is 2. The van der Waals surface area contributed by atoms with E-state index in [0.717, 1.165) is 23.1 Å². The van der Waals surface area contributed by atoms with Crippen LogP contribution in [0.1, 0.15) is 76.5 Å². The Balaban J connectivity index is 1.69. The first-order chi connectivity index (χ1) is 20.4. The van der Waals surface area contributed by atoms with Crippen LogP contribution < -0.4 is 10.1 Å². The first kappa shape index (κ1) is 32.2. The third-order valence-corrected chi connectivity index (χ3v) is 10.3. The summed E-state index contributed by atoms with van der Waals surface area (Å²) in [5, 5.41) is 2.72. The van der Waals surface area contributed by atoms with Gasteiger partial charge >= 0.3 is 11.8 Å². The predicted octanol–water partition coefficient (Wildman–Crippen LogP) is 6.67. The molecule has 0 aromatic heterocycles. The Morgan fingerprint density at radius 3 is 2.28 bits per heavy atom. The molecule has 0 spiro atoms. The Hall–Kier alpha value is -3.69. The number of ether oxygens (including phenoxy) is 1. The number of aryl methyl sites for hydroxylation is 1. The van der Waals surface area contributed by atoms with E-state index in [1.54, 1.807) is 18.7 Å². The van der Waals surface area contributed by atoms with E-state index in [-0.39, 0.29) is 40.3 Å². The number of likely N-dealkylation sites (tertiary alicyclic amines) is 1. The molecule has 3 aromatic rings. The molecule has 1 N–H and O–H groups in total. The molecule has 0 radical (unpaired) electrons. The Bertz CT molecular complexity index is 1570. The van der Waals surface area contributed by atoms with Gasteiger partial charge in [0.05, 0.1) is 10.6 Å². The number of benzene rings is 3. The van der Waals surface area contributed by atoms with Crippen LogP contribution in [0.5, 0.6) is 11.5 Å². The molecule has 1 heterocycles. The first-order valence-electron chi connectivity index (χ1n) is 15.0. The first-order valence-corrected chi connectivity index (χ1v) is 16.4. The van der Waals surface area contributed by atoms with Crippen LogP contribution in [0.3, 0.4) is 0 Å². The molecule has 3 aromatic carbocycles. The number of rotatable bonds is 9. The number of nitrogens with one attached hydrogen (secondary N) is 1. The Morgan fingerprint density at radius 1 is 0.977 bits per heavy atom. The second-order valence-corrected chi connectivity index (χ2v) is 13.5. The maximum Gasteiger partial charge on any atom is 0.314 e. The van der Waals surface area contributed by atoms with Crippen molar-refractivity contribution in [2.24, 2.45) is 0 Å². The number of carbonyl (C=O) groups excluding carboxylic acids is 2. The summed E-state index contributed by atoms with van der Waals surface area (Å²) in [6, 6.07) is 20.0. The van der Waals surface area contributed by atoms with Crippen LogP contribution in [-0.4, -0.2) is 54.6 Å². The van der Waals surface area contributed by atoms with Crippen LogP contribution >= 0.6 is 0 Å². The molecule has 9 heteroatoms. The number of hydrogen-bond donors (Lipinski definition) is 1. The summed E-state index contributed by atoms with van der Waals surface area (Å²) >= 11 is 0. The lowest BCUT2D eigenvalue weighted by molar-refractivity contribution is -0.144. The van der Waals surface area contributed by atoms with E-state index in [1.165, 1.54) is 22.5 Å². The van der Waals surface area contributed by atoms with Gasteiger partial charge in [0.25, 0.3) is 0 Å². The van der Waals surface area contributed by atoms with Gasteiger partial charge in [-0.2, -0.15) is 4.31 Å². The number of hydrogen-bond acceptors (Lipinski definition) is 5. The average Bonchev–Trinajstić information content (AvgIpc) is 3.27. The molecule has 4 rings (SSSR count). The van der Waals surface area contributed by atoms with E-state index in [2.05, 4.69) is 19.2 Å². The molecular weight excluding hydrogens is 562 g/mol. The van der Waals surface area contributed by atoms with Crippen LogP contribution in [0.25, 0.3) is 0 Å². The lowest BCUT2D eigenvalue weighted by Crippen LogP contribution is -2.45. The predicted molar refractivity (Wildman–Crippen MR) is 170 cm³/mol. The fourth-order valence-electron chi connectivity index (χ4n) is 5.96. The molecule has 230 valence electrons. The highest BCUT2D eigenvalue weighted by Crippen LogP contribution is 2.39. The summed E-state index contributed by atoms with van der Waals surface area (Å²) in [5.74, 6) is -0.401. The van der Waals surface area contributed by atoms with Gasteiger partial charge < -0.3 is 15.0 Å². The van der Waals surface area contributed by atoms with Gasteiger partial charge in [-0.15, -0.1) is 0 Å². The summed E-state index contributed by atoms with van der Waals surface area (Å²) in [5.41, 5.74) is 3.19. The quantitative estimate of drug-likeness (QED) is 0.275. The maximum atomic E-state index is 13.6. The van der Waals surface area contributed by atoms with Crippen LogP contribution in [0.15, 0.2) is 71.6 Å². The molecule has 1 fully saturated rings. The van der Waals surface area contributed by atoms with Crippen molar-refractivity contribution in [3.63, 3.8) is 0 Å². The molecule has 1 aliphatic heterocycles. The van der Waals surface area contributed by atoms with E-state index in [1.807, 2.05) is 69.3 Å². The van der Waals surface area contributed by atoms with Crippen LogP contribution in [0.4, 0.5) is 5.69 Å².